The average Bonchev–Trinajstić information content (AvgIpc) is 2.83. The van der Waals surface area contributed by atoms with Gasteiger partial charge in [0.05, 0.1) is 29.5 Å². The number of nitrogens with zero attached hydrogens (tertiary/aromatic N) is 3. The maximum atomic E-state index is 10.7. The standard InChI is InChI=1S/C27H37N3O4/c1-23(2)22-33-20-10-8-6-4-3-5-7-9-11-21-34-27-18-14-25(15-19-27)29-28-24-12-16-26(17-13-24)30(31)32/h12-19H,1,3-11,20-22H2,2H3. The molecule has 0 bridgehead atoms. The molecule has 2 aromatic rings. The van der Waals surface area contributed by atoms with Crippen LogP contribution in [-0.2, 0) is 4.74 Å². The summed E-state index contributed by atoms with van der Waals surface area (Å²) in [4.78, 5) is 10.2. The van der Waals surface area contributed by atoms with E-state index < -0.39 is 4.92 Å². The van der Waals surface area contributed by atoms with Gasteiger partial charge in [-0.2, -0.15) is 10.2 Å². The molecule has 2 rings (SSSR count). The van der Waals surface area contributed by atoms with Gasteiger partial charge in [0, 0.05) is 18.7 Å². The Hall–Kier alpha value is -3.06. The molecular formula is C27H37N3O4. The van der Waals surface area contributed by atoms with Crippen molar-refractivity contribution in [2.45, 2.75) is 64.7 Å². The van der Waals surface area contributed by atoms with Crippen molar-refractivity contribution in [1.82, 2.24) is 0 Å². The number of ether oxygens (including phenoxy) is 2. The molecule has 0 aliphatic rings. The lowest BCUT2D eigenvalue weighted by Crippen LogP contribution is -1.97. The summed E-state index contributed by atoms with van der Waals surface area (Å²) in [5.41, 5.74) is 2.39. The Morgan fingerprint density at radius 1 is 0.794 bits per heavy atom. The average molecular weight is 468 g/mol. The third-order valence-corrected chi connectivity index (χ3v) is 5.23. The molecule has 0 amide bonds. The van der Waals surface area contributed by atoms with E-state index in [1.807, 2.05) is 31.2 Å². The van der Waals surface area contributed by atoms with Crippen molar-refractivity contribution in [3.8, 4) is 5.75 Å². The molecular weight excluding hydrogens is 430 g/mol. The maximum absolute atomic E-state index is 10.7. The smallest absolute Gasteiger partial charge is 0.269 e. The molecule has 34 heavy (non-hydrogen) atoms. The fourth-order valence-corrected chi connectivity index (χ4v) is 3.35. The van der Waals surface area contributed by atoms with Crippen molar-refractivity contribution >= 4 is 17.1 Å². The zero-order valence-corrected chi connectivity index (χ0v) is 20.3. The molecule has 0 saturated heterocycles. The van der Waals surface area contributed by atoms with Gasteiger partial charge in [-0.25, -0.2) is 0 Å². The molecule has 0 radical (unpaired) electrons. The SMILES string of the molecule is C=C(C)COCCCCCCCCCCCOc1ccc(N=Nc2ccc([N+](=O)[O-])cc2)cc1. The van der Waals surface area contributed by atoms with Crippen LogP contribution in [0.4, 0.5) is 17.1 Å². The van der Waals surface area contributed by atoms with Crippen LogP contribution < -0.4 is 4.74 Å². The Labute approximate surface area is 203 Å². The number of hydrogen-bond acceptors (Lipinski definition) is 6. The van der Waals surface area contributed by atoms with Crippen LogP contribution in [0.3, 0.4) is 0 Å². The summed E-state index contributed by atoms with van der Waals surface area (Å²) in [5, 5.41) is 18.9. The lowest BCUT2D eigenvalue weighted by Gasteiger charge is -2.06. The molecule has 0 atom stereocenters. The van der Waals surface area contributed by atoms with Crippen LogP contribution in [0.5, 0.6) is 5.75 Å². The van der Waals surface area contributed by atoms with Gasteiger partial charge < -0.3 is 9.47 Å². The van der Waals surface area contributed by atoms with Crippen molar-refractivity contribution < 1.29 is 14.4 Å². The molecule has 2 aromatic carbocycles. The van der Waals surface area contributed by atoms with E-state index in [9.17, 15) is 10.1 Å². The van der Waals surface area contributed by atoms with Crippen LogP contribution in [-0.4, -0.2) is 24.7 Å². The van der Waals surface area contributed by atoms with Gasteiger partial charge in [-0.1, -0.05) is 57.1 Å². The van der Waals surface area contributed by atoms with Crippen molar-refractivity contribution in [2.75, 3.05) is 19.8 Å². The number of benzene rings is 2. The number of hydrogen-bond donors (Lipinski definition) is 0. The predicted molar refractivity (Wildman–Crippen MR) is 136 cm³/mol. The molecule has 7 heteroatoms. The highest BCUT2D eigenvalue weighted by Crippen LogP contribution is 2.23. The van der Waals surface area contributed by atoms with E-state index >= 15 is 0 Å². The van der Waals surface area contributed by atoms with Crippen LogP contribution in [0.15, 0.2) is 70.9 Å². The Kier molecular flexibility index (Phi) is 13.2. The van der Waals surface area contributed by atoms with Crippen LogP contribution in [0.2, 0.25) is 0 Å². The normalized spacial score (nSPS) is 11.1. The number of nitro groups is 1. The topological polar surface area (TPSA) is 86.3 Å². The zero-order valence-electron chi connectivity index (χ0n) is 20.3. The van der Waals surface area contributed by atoms with Gasteiger partial charge in [0.15, 0.2) is 0 Å². The minimum absolute atomic E-state index is 0.0347. The molecule has 0 aliphatic carbocycles. The summed E-state index contributed by atoms with van der Waals surface area (Å²) in [6, 6.07) is 13.4. The maximum Gasteiger partial charge on any atom is 0.269 e. The van der Waals surface area contributed by atoms with Crippen molar-refractivity contribution in [1.29, 1.82) is 0 Å². The quantitative estimate of drug-likeness (QED) is 0.0723. The first kappa shape index (κ1) is 27.2. The molecule has 0 N–H and O–H groups in total. The Bertz CT molecular complexity index is 880. The van der Waals surface area contributed by atoms with Crippen molar-refractivity contribution in [3.05, 3.63) is 70.8 Å². The van der Waals surface area contributed by atoms with E-state index in [1.165, 1.54) is 57.1 Å². The third kappa shape index (κ3) is 12.3. The molecule has 0 heterocycles. The van der Waals surface area contributed by atoms with Gasteiger partial charge in [-0.05, 0) is 56.2 Å². The van der Waals surface area contributed by atoms with E-state index in [0.29, 0.717) is 24.6 Å². The highest BCUT2D eigenvalue weighted by atomic mass is 16.6. The van der Waals surface area contributed by atoms with Gasteiger partial charge in [-0.3, -0.25) is 10.1 Å². The highest BCUT2D eigenvalue weighted by molar-refractivity contribution is 5.45. The molecule has 184 valence electrons. The lowest BCUT2D eigenvalue weighted by atomic mass is 10.1. The number of unbranched alkanes of at least 4 members (excludes halogenated alkanes) is 8. The molecule has 0 aromatic heterocycles. The van der Waals surface area contributed by atoms with Crippen LogP contribution in [0, 0.1) is 10.1 Å². The molecule has 0 unspecified atom stereocenters. The summed E-state index contributed by atoms with van der Waals surface area (Å²) in [7, 11) is 0. The number of rotatable bonds is 18. The summed E-state index contributed by atoms with van der Waals surface area (Å²) >= 11 is 0. The van der Waals surface area contributed by atoms with Gasteiger partial charge in [0.1, 0.15) is 5.75 Å². The van der Waals surface area contributed by atoms with Crippen LogP contribution in [0.1, 0.15) is 64.7 Å². The minimum Gasteiger partial charge on any atom is -0.494 e. The summed E-state index contributed by atoms with van der Waals surface area (Å²) in [5.74, 6) is 0.821. The second kappa shape index (κ2) is 16.5. The van der Waals surface area contributed by atoms with Crippen molar-refractivity contribution in [3.63, 3.8) is 0 Å². The first-order valence-electron chi connectivity index (χ1n) is 12.2. The molecule has 7 nitrogen and oxygen atoms in total. The van der Waals surface area contributed by atoms with E-state index in [-0.39, 0.29) is 5.69 Å². The largest absolute Gasteiger partial charge is 0.494 e. The number of non-ortho nitro benzene ring substituents is 1. The summed E-state index contributed by atoms with van der Waals surface area (Å²) in [6.07, 6.45) is 11.1. The third-order valence-electron chi connectivity index (χ3n) is 5.23. The monoisotopic (exact) mass is 467 g/mol. The fraction of sp³-hybridized carbons (Fsp3) is 0.481. The minimum atomic E-state index is -0.438. The molecule has 0 aliphatic heterocycles. The van der Waals surface area contributed by atoms with E-state index in [0.717, 1.165) is 30.8 Å². The molecule has 0 spiro atoms. The zero-order chi connectivity index (χ0) is 24.4. The Balaban J connectivity index is 1.48. The van der Waals surface area contributed by atoms with Crippen molar-refractivity contribution in [2.24, 2.45) is 10.2 Å². The molecule has 0 fully saturated rings. The predicted octanol–water partition coefficient (Wildman–Crippen LogP) is 8.49. The van der Waals surface area contributed by atoms with Gasteiger partial charge in [-0.15, -0.1) is 0 Å². The van der Waals surface area contributed by atoms with E-state index in [4.69, 9.17) is 9.47 Å². The van der Waals surface area contributed by atoms with Gasteiger partial charge in [0.2, 0.25) is 0 Å². The Morgan fingerprint density at radius 3 is 1.76 bits per heavy atom. The summed E-state index contributed by atoms with van der Waals surface area (Å²) in [6.45, 7) is 8.08. The fourth-order valence-electron chi connectivity index (χ4n) is 3.35. The lowest BCUT2D eigenvalue weighted by molar-refractivity contribution is -0.384. The number of azo groups is 1. The Morgan fingerprint density at radius 2 is 1.26 bits per heavy atom. The summed E-state index contributed by atoms with van der Waals surface area (Å²) < 4.78 is 11.3. The second-order valence-corrected chi connectivity index (χ2v) is 8.51. The first-order chi connectivity index (χ1) is 16.5. The van der Waals surface area contributed by atoms with E-state index in [1.54, 1.807) is 12.1 Å². The second-order valence-electron chi connectivity index (χ2n) is 8.51. The van der Waals surface area contributed by atoms with E-state index in [2.05, 4.69) is 16.8 Å². The van der Waals surface area contributed by atoms with Gasteiger partial charge >= 0.3 is 0 Å². The number of nitro benzene ring substituents is 1. The van der Waals surface area contributed by atoms with Crippen LogP contribution in [0.25, 0.3) is 0 Å². The first-order valence-corrected chi connectivity index (χ1v) is 12.2. The van der Waals surface area contributed by atoms with Gasteiger partial charge in [0.25, 0.3) is 5.69 Å². The molecule has 0 saturated carbocycles. The van der Waals surface area contributed by atoms with Crippen LogP contribution >= 0.6 is 0 Å². The highest BCUT2D eigenvalue weighted by Gasteiger charge is 2.03.